The number of allylic oxidation sites excluding steroid dienone is 3. The topological polar surface area (TPSA) is 26.3 Å². The molecule has 2 nitrogen and oxygen atoms in total. The molecule has 170 valence electrons. The van der Waals surface area contributed by atoms with Crippen LogP contribution in [0.1, 0.15) is 22.3 Å². The van der Waals surface area contributed by atoms with Gasteiger partial charge in [0.15, 0.2) is 0 Å². The first-order valence-electron chi connectivity index (χ1n) is 9.96. The highest BCUT2D eigenvalue weighted by Crippen LogP contribution is 2.56. The van der Waals surface area contributed by atoms with Gasteiger partial charge in [-0.3, -0.25) is 0 Å². The van der Waals surface area contributed by atoms with Crippen LogP contribution in [0.3, 0.4) is 0 Å². The van der Waals surface area contributed by atoms with Gasteiger partial charge in [0.05, 0.1) is 5.56 Å². The second-order valence-electron chi connectivity index (χ2n) is 7.71. The third-order valence-electron chi connectivity index (χ3n) is 5.62. The van der Waals surface area contributed by atoms with Crippen molar-refractivity contribution in [1.82, 2.24) is 0 Å². The predicted octanol–water partition coefficient (Wildman–Crippen LogP) is 6.37. The van der Waals surface area contributed by atoms with E-state index in [9.17, 15) is 31.1 Å². The maximum absolute atomic E-state index is 14.1. The number of ether oxygens (including phenoxy) is 1. The molecule has 0 saturated heterocycles. The smallest absolute Gasteiger partial charge is 0.434 e. The fourth-order valence-corrected chi connectivity index (χ4v) is 4.38. The van der Waals surface area contributed by atoms with Crippen molar-refractivity contribution in [3.05, 3.63) is 95.1 Å². The normalized spacial score (nSPS) is 21.4. The molecule has 0 heterocycles. The number of benzene rings is 2. The van der Waals surface area contributed by atoms with Crippen molar-refractivity contribution in [2.75, 3.05) is 0 Å². The summed E-state index contributed by atoms with van der Waals surface area (Å²) in [6, 6.07) is 14.4. The molecule has 4 rings (SSSR count). The maximum Gasteiger partial charge on any atom is 0.457 e. The van der Waals surface area contributed by atoms with Gasteiger partial charge in [-0.2, -0.15) is 26.3 Å². The van der Waals surface area contributed by atoms with Gasteiger partial charge in [0.2, 0.25) is 5.60 Å². The summed E-state index contributed by atoms with van der Waals surface area (Å²) in [6.45, 7) is 0. The van der Waals surface area contributed by atoms with Gasteiger partial charge in [0, 0.05) is 34.5 Å². The molecule has 0 amide bonds. The molecule has 1 unspecified atom stereocenters. The van der Waals surface area contributed by atoms with Crippen LogP contribution in [0.4, 0.5) is 26.3 Å². The zero-order chi connectivity index (χ0) is 23.9. The summed E-state index contributed by atoms with van der Waals surface area (Å²) in [5, 5.41) is 0. The Kier molecular flexibility index (Phi) is 5.61. The van der Waals surface area contributed by atoms with Crippen molar-refractivity contribution in [2.24, 2.45) is 11.8 Å². The lowest BCUT2D eigenvalue weighted by molar-refractivity contribution is -0.0985. The molecule has 2 aliphatic rings. The zero-order valence-corrected chi connectivity index (χ0v) is 16.9. The third kappa shape index (κ3) is 4.40. The van der Waals surface area contributed by atoms with Crippen LogP contribution in [0.25, 0.3) is 0 Å². The van der Waals surface area contributed by atoms with Crippen LogP contribution in [0.5, 0.6) is 0 Å². The van der Waals surface area contributed by atoms with E-state index in [0.29, 0.717) is 0 Å². The molecule has 0 fully saturated rings. The average Bonchev–Trinajstić information content (AvgIpc) is 3.39. The predicted molar refractivity (Wildman–Crippen MR) is 108 cm³/mol. The molecule has 2 aliphatic carbocycles. The van der Waals surface area contributed by atoms with Crippen molar-refractivity contribution >= 4 is 5.97 Å². The Morgan fingerprint density at radius 2 is 1.33 bits per heavy atom. The molecular formula is C25H16F6O2. The molecule has 2 bridgehead atoms. The van der Waals surface area contributed by atoms with Crippen LogP contribution < -0.4 is 0 Å². The molecule has 0 N–H and O–H groups in total. The van der Waals surface area contributed by atoms with Gasteiger partial charge in [-0.25, -0.2) is 4.79 Å². The largest absolute Gasteiger partial charge is 0.457 e. The minimum Gasteiger partial charge on any atom is -0.434 e. The van der Waals surface area contributed by atoms with E-state index in [1.807, 2.05) is 5.92 Å². The first-order chi connectivity index (χ1) is 15.5. The Labute approximate surface area is 185 Å². The maximum atomic E-state index is 14.1. The molecule has 33 heavy (non-hydrogen) atoms. The number of carbonyl (C=O) groups is 1. The molecule has 0 aromatic heterocycles. The molecule has 2 aromatic carbocycles. The highest BCUT2D eigenvalue weighted by atomic mass is 19.4. The second kappa shape index (κ2) is 8.14. The number of carbonyl (C=O) groups excluding carboxylic acids is 1. The first-order valence-corrected chi connectivity index (χ1v) is 9.96. The highest BCUT2D eigenvalue weighted by Gasteiger charge is 2.56. The van der Waals surface area contributed by atoms with Gasteiger partial charge in [-0.15, -0.1) is 0 Å². The summed E-state index contributed by atoms with van der Waals surface area (Å²) in [5.74, 6) is -0.0256. The van der Waals surface area contributed by atoms with Gasteiger partial charge in [-0.1, -0.05) is 60.7 Å². The van der Waals surface area contributed by atoms with Crippen LogP contribution in [-0.4, -0.2) is 18.3 Å². The summed E-state index contributed by atoms with van der Waals surface area (Å²) >= 11 is 0. The second-order valence-corrected chi connectivity index (χ2v) is 7.71. The number of fused-ring (bicyclic) bond motifs is 2. The molecule has 8 heteroatoms. The molecule has 0 saturated carbocycles. The lowest BCUT2D eigenvalue weighted by atomic mass is 9.78. The van der Waals surface area contributed by atoms with Crippen molar-refractivity contribution in [3.63, 3.8) is 0 Å². The van der Waals surface area contributed by atoms with E-state index in [2.05, 4.69) is 0 Å². The monoisotopic (exact) mass is 462 g/mol. The van der Waals surface area contributed by atoms with Gasteiger partial charge < -0.3 is 4.74 Å². The van der Waals surface area contributed by atoms with Gasteiger partial charge >= 0.3 is 18.3 Å². The number of hydrogen-bond donors (Lipinski definition) is 0. The minimum absolute atomic E-state index is 0.0232. The standard InChI is InChI=1S/C25H16F6O2/c26-24(27,28)14-13-23(19-9-5-2-6-10-19,33-22(32)16-7-3-1-4-8-16)20-17-11-12-18(15-17)21(20)25(29,30)31/h1-12,17-18H,15H2/t17-,18+,23?/m1/s1. The van der Waals surface area contributed by atoms with Crippen molar-refractivity contribution in [2.45, 2.75) is 24.4 Å². The van der Waals surface area contributed by atoms with Crippen LogP contribution in [0.15, 0.2) is 84.0 Å². The summed E-state index contributed by atoms with van der Waals surface area (Å²) < 4.78 is 87.6. The van der Waals surface area contributed by atoms with Crippen molar-refractivity contribution in [1.29, 1.82) is 0 Å². The van der Waals surface area contributed by atoms with E-state index in [-0.39, 0.29) is 17.5 Å². The van der Waals surface area contributed by atoms with Crippen LogP contribution in [0, 0.1) is 23.7 Å². The molecule has 0 aliphatic heterocycles. The fraction of sp³-hybridized carbons (Fsp3) is 0.240. The molecule has 0 radical (unpaired) electrons. The Morgan fingerprint density at radius 3 is 1.88 bits per heavy atom. The van der Waals surface area contributed by atoms with Gasteiger partial charge in [0.1, 0.15) is 0 Å². The lowest BCUT2D eigenvalue weighted by Crippen LogP contribution is -2.38. The number of hydrogen-bond acceptors (Lipinski definition) is 2. The highest BCUT2D eigenvalue weighted by molar-refractivity contribution is 5.90. The van der Waals surface area contributed by atoms with Crippen LogP contribution in [-0.2, 0) is 10.3 Å². The minimum atomic E-state index is -5.02. The van der Waals surface area contributed by atoms with Crippen LogP contribution in [0.2, 0.25) is 0 Å². The van der Waals surface area contributed by atoms with Crippen LogP contribution >= 0.6 is 0 Å². The third-order valence-corrected chi connectivity index (χ3v) is 5.62. The number of rotatable bonds is 4. The van der Waals surface area contributed by atoms with E-state index < -0.39 is 46.9 Å². The summed E-state index contributed by atoms with van der Waals surface area (Å²) in [4.78, 5) is 13.0. The quantitative estimate of drug-likeness (QED) is 0.229. The van der Waals surface area contributed by atoms with E-state index in [1.165, 1.54) is 60.7 Å². The van der Waals surface area contributed by atoms with Crippen molar-refractivity contribution in [3.8, 4) is 11.8 Å². The summed E-state index contributed by atoms with van der Waals surface area (Å²) in [6.07, 6.45) is -6.97. The van der Waals surface area contributed by atoms with E-state index >= 15 is 0 Å². The number of alkyl halides is 6. The molecule has 3 atom stereocenters. The molecule has 2 aromatic rings. The van der Waals surface area contributed by atoms with E-state index in [1.54, 1.807) is 12.1 Å². The first kappa shape index (κ1) is 22.7. The SMILES string of the molecule is O=C(OC(C#CC(F)(F)F)(C1=C(C(F)(F)F)[C@H]2C=C[C@@H]1C2)c1ccccc1)c1ccccc1. The Morgan fingerprint density at radius 1 is 0.788 bits per heavy atom. The lowest BCUT2D eigenvalue weighted by Gasteiger charge is -2.35. The fourth-order valence-electron chi connectivity index (χ4n) is 4.38. The van der Waals surface area contributed by atoms with Gasteiger partial charge in [-0.05, 0) is 24.5 Å². The summed E-state index contributed by atoms with van der Waals surface area (Å²) in [7, 11) is 0. The van der Waals surface area contributed by atoms with Crippen molar-refractivity contribution < 1.29 is 35.9 Å². The Hall–Kier alpha value is -3.47. The summed E-state index contributed by atoms with van der Waals surface area (Å²) in [5.41, 5.74) is -4.20. The van der Waals surface area contributed by atoms with E-state index in [4.69, 9.17) is 4.74 Å². The Bertz CT molecular complexity index is 1170. The average molecular weight is 462 g/mol. The zero-order valence-electron chi connectivity index (χ0n) is 16.9. The number of esters is 1. The number of halogens is 6. The Balaban J connectivity index is 2.01. The van der Waals surface area contributed by atoms with E-state index in [0.717, 1.165) is 5.92 Å². The molecular weight excluding hydrogens is 446 g/mol. The van der Waals surface area contributed by atoms with Gasteiger partial charge in [0.25, 0.3) is 0 Å². The molecule has 0 spiro atoms.